The molecule has 7 heteroatoms. The van der Waals surface area contributed by atoms with E-state index in [-0.39, 0.29) is 25.0 Å². The zero-order valence-corrected chi connectivity index (χ0v) is 15.5. The largest absolute Gasteiger partial charge is 0.461 e. The Balaban J connectivity index is 5.36. The van der Waals surface area contributed by atoms with Gasteiger partial charge in [-0.3, -0.25) is 4.99 Å². The van der Waals surface area contributed by atoms with E-state index in [1.54, 1.807) is 25.2 Å². The normalized spacial score (nSPS) is 12.5. The molecule has 0 aromatic carbocycles. The third-order valence-electron chi connectivity index (χ3n) is 2.67. The van der Waals surface area contributed by atoms with Crippen LogP contribution in [-0.2, 0) is 19.1 Å². The summed E-state index contributed by atoms with van der Waals surface area (Å²) in [6.07, 6.45) is 10.8. The van der Waals surface area contributed by atoms with E-state index in [2.05, 4.69) is 11.6 Å². The average molecular weight is 361 g/mol. The molecule has 0 aliphatic rings. The highest BCUT2D eigenvalue weighted by atomic mass is 16.5. The van der Waals surface area contributed by atoms with E-state index in [4.69, 9.17) is 20.9 Å². The fourth-order valence-electron chi connectivity index (χ4n) is 1.53. The van der Waals surface area contributed by atoms with Crippen molar-refractivity contribution >= 4 is 17.9 Å². The Morgan fingerprint density at radius 1 is 1.12 bits per heavy atom. The summed E-state index contributed by atoms with van der Waals surface area (Å²) in [5, 5.41) is 0. The van der Waals surface area contributed by atoms with Gasteiger partial charge in [0.25, 0.3) is 0 Å². The van der Waals surface area contributed by atoms with Gasteiger partial charge in [0.15, 0.2) is 5.96 Å². The van der Waals surface area contributed by atoms with Crippen LogP contribution in [0.15, 0.2) is 65.4 Å². The van der Waals surface area contributed by atoms with Crippen molar-refractivity contribution in [1.82, 2.24) is 0 Å². The molecule has 0 saturated heterocycles. The van der Waals surface area contributed by atoms with E-state index >= 15 is 0 Å². The predicted octanol–water partition coefficient (Wildman–Crippen LogP) is 2.13. The van der Waals surface area contributed by atoms with Crippen LogP contribution in [0.25, 0.3) is 0 Å². The van der Waals surface area contributed by atoms with Crippen molar-refractivity contribution in [3.8, 4) is 0 Å². The molecule has 0 radical (unpaired) electrons. The molecule has 0 amide bonds. The van der Waals surface area contributed by atoms with Gasteiger partial charge in [-0.1, -0.05) is 38.7 Å². The van der Waals surface area contributed by atoms with Crippen molar-refractivity contribution in [2.45, 2.75) is 20.8 Å². The predicted molar refractivity (Wildman–Crippen MR) is 103 cm³/mol. The number of allylic oxidation sites excluding steroid dienone is 6. The molecule has 0 rings (SSSR count). The zero-order valence-electron chi connectivity index (χ0n) is 15.5. The smallest absolute Gasteiger partial charge is 0.335 e. The quantitative estimate of drug-likeness (QED) is 0.117. The number of esters is 2. The topological polar surface area (TPSA) is 117 Å². The molecular weight excluding hydrogens is 334 g/mol. The second-order valence-electron chi connectivity index (χ2n) is 5.36. The number of ether oxygens (including phenoxy) is 2. The minimum atomic E-state index is -0.596. The Morgan fingerprint density at radius 3 is 2.35 bits per heavy atom. The van der Waals surface area contributed by atoms with Crippen LogP contribution in [0.4, 0.5) is 0 Å². The first-order chi connectivity index (χ1) is 12.3. The van der Waals surface area contributed by atoms with E-state index in [1.165, 1.54) is 12.2 Å². The van der Waals surface area contributed by atoms with Gasteiger partial charge in [-0.2, -0.15) is 0 Å². The van der Waals surface area contributed by atoms with Gasteiger partial charge in [-0.05, 0) is 25.0 Å². The lowest BCUT2D eigenvalue weighted by Gasteiger charge is -2.07. The van der Waals surface area contributed by atoms with E-state index in [0.29, 0.717) is 11.3 Å². The van der Waals surface area contributed by atoms with Crippen molar-refractivity contribution in [2.24, 2.45) is 22.4 Å². The maximum absolute atomic E-state index is 11.8. The Kier molecular flexibility index (Phi) is 11.7. The van der Waals surface area contributed by atoms with E-state index in [9.17, 15) is 9.59 Å². The Hall–Kier alpha value is -3.09. The number of hydrogen-bond donors (Lipinski definition) is 2. The van der Waals surface area contributed by atoms with Crippen LogP contribution >= 0.6 is 0 Å². The summed E-state index contributed by atoms with van der Waals surface area (Å²) >= 11 is 0. The lowest BCUT2D eigenvalue weighted by Crippen LogP contribution is -2.23. The molecule has 0 unspecified atom stereocenters. The number of nitrogens with zero attached hydrogens (tertiary/aromatic N) is 1. The summed E-state index contributed by atoms with van der Waals surface area (Å²) in [4.78, 5) is 27.0. The lowest BCUT2D eigenvalue weighted by atomic mass is 10.1. The number of carbonyl (C=O) groups excluding carboxylic acids is 2. The molecule has 0 atom stereocenters. The Morgan fingerprint density at radius 2 is 1.81 bits per heavy atom. The molecule has 142 valence electrons. The van der Waals surface area contributed by atoms with Crippen LogP contribution in [0.1, 0.15) is 20.8 Å². The molecular formula is C19H27N3O4. The molecule has 0 spiro atoms. The maximum atomic E-state index is 11.8. The zero-order chi connectivity index (χ0) is 19.9. The second-order valence-corrected chi connectivity index (χ2v) is 5.36. The van der Waals surface area contributed by atoms with Crippen LogP contribution in [0.3, 0.4) is 0 Å². The first-order valence-corrected chi connectivity index (χ1v) is 8.09. The number of nitrogens with two attached hydrogens (primary N) is 2. The summed E-state index contributed by atoms with van der Waals surface area (Å²) in [5.74, 6) is -0.672. The van der Waals surface area contributed by atoms with Crippen LogP contribution in [0.2, 0.25) is 0 Å². The summed E-state index contributed by atoms with van der Waals surface area (Å²) in [6, 6.07) is 0. The summed E-state index contributed by atoms with van der Waals surface area (Å²) in [5.41, 5.74) is 10.9. The molecule has 0 aliphatic carbocycles. The minimum Gasteiger partial charge on any atom is -0.461 e. The van der Waals surface area contributed by atoms with Crippen molar-refractivity contribution in [1.29, 1.82) is 0 Å². The monoisotopic (exact) mass is 361 g/mol. The summed E-state index contributed by atoms with van der Waals surface area (Å²) < 4.78 is 10.2. The van der Waals surface area contributed by atoms with Crippen molar-refractivity contribution in [3.05, 3.63) is 60.4 Å². The molecule has 0 heterocycles. The number of carbonyl (C=O) groups is 2. The third kappa shape index (κ3) is 11.4. The van der Waals surface area contributed by atoms with Crippen LogP contribution < -0.4 is 11.5 Å². The van der Waals surface area contributed by atoms with Crippen LogP contribution in [-0.4, -0.2) is 31.0 Å². The van der Waals surface area contributed by atoms with Gasteiger partial charge in [0.2, 0.25) is 0 Å². The Labute approximate surface area is 154 Å². The van der Waals surface area contributed by atoms with Gasteiger partial charge in [-0.25, -0.2) is 9.59 Å². The summed E-state index contributed by atoms with van der Waals surface area (Å²) in [6.45, 7) is 9.39. The van der Waals surface area contributed by atoms with Gasteiger partial charge in [0, 0.05) is 17.7 Å². The molecule has 0 fully saturated rings. The molecule has 26 heavy (non-hydrogen) atoms. The number of hydrogen-bond acceptors (Lipinski definition) is 5. The molecule has 0 aromatic rings. The first kappa shape index (κ1) is 22.9. The van der Waals surface area contributed by atoms with E-state index in [0.717, 1.165) is 6.08 Å². The lowest BCUT2D eigenvalue weighted by molar-refractivity contribution is -0.137. The van der Waals surface area contributed by atoms with Gasteiger partial charge >= 0.3 is 11.9 Å². The molecule has 0 saturated carbocycles. The fraction of sp³-hybridized carbons (Fsp3) is 0.316. The second kappa shape index (κ2) is 13.2. The first-order valence-electron chi connectivity index (χ1n) is 8.09. The van der Waals surface area contributed by atoms with Gasteiger partial charge in [0.05, 0.1) is 6.54 Å². The highest BCUT2D eigenvalue weighted by molar-refractivity contribution is 5.84. The highest BCUT2D eigenvalue weighted by Crippen LogP contribution is 2.14. The average Bonchev–Trinajstić information content (AvgIpc) is 2.58. The number of rotatable bonds is 10. The van der Waals surface area contributed by atoms with Crippen molar-refractivity contribution in [2.75, 3.05) is 13.2 Å². The maximum Gasteiger partial charge on any atom is 0.335 e. The number of guanidine groups is 1. The van der Waals surface area contributed by atoms with Crippen molar-refractivity contribution < 1.29 is 19.1 Å². The Bertz CT molecular complexity index is 637. The highest BCUT2D eigenvalue weighted by Gasteiger charge is 2.06. The molecule has 0 bridgehead atoms. The molecule has 7 nitrogen and oxygen atoms in total. The van der Waals surface area contributed by atoms with E-state index < -0.39 is 11.9 Å². The molecule has 0 aliphatic heterocycles. The van der Waals surface area contributed by atoms with Crippen LogP contribution in [0.5, 0.6) is 0 Å². The molecule has 0 aromatic heterocycles. The van der Waals surface area contributed by atoms with Crippen molar-refractivity contribution in [3.63, 3.8) is 0 Å². The SMILES string of the molecule is C=CC(=O)OC(/C=C\C)=C(/C=C\C(C)C)\C=C\C(=O)OCCN=C(N)N. The van der Waals surface area contributed by atoms with Gasteiger partial charge in [0.1, 0.15) is 12.4 Å². The number of aliphatic imine (C=N–C) groups is 1. The van der Waals surface area contributed by atoms with Gasteiger partial charge in [-0.15, -0.1) is 0 Å². The summed E-state index contributed by atoms with van der Waals surface area (Å²) in [7, 11) is 0. The standard InChI is InChI=1S/C19H27N3O4/c1-5-7-16(26-17(23)6-2)15(9-8-14(3)4)10-11-18(24)25-13-12-22-19(20)21/h5-11,14H,2,12-13H2,1,3-4H3,(H4,20,21,22)/b7-5-,9-8-,11-10+,16-15-. The molecule has 4 N–H and O–H groups in total. The van der Waals surface area contributed by atoms with E-state index in [1.807, 2.05) is 19.9 Å². The fourth-order valence-corrected chi connectivity index (χ4v) is 1.53. The minimum absolute atomic E-state index is 0.0507. The third-order valence-corrected chi connectivity index (χ3v) is 2.67. The van der Waals surface area contributed by atoms with Gasteiger partial charge < -0.3 is 20.9 Å². The van der Waals surface area contributed by atoms with Crippen LogP contribution in [0, 0.1) is 5.92 Å².